The molecule has 0 aliphatic heterocycles. The summed E-state index contributed by atoms with van der Waals surface area (Å²) in [5.41, 5.74) is 6.70. The molecule has 0 bridgehead atoms. The van der Waals surface area contributed by atoms with Crippen molar-refractivity contribution in [1.82, 2.24) is 4.98 Å². The van der Waals surface area contributed by atoms with E-state index in [4.69, 9.17) is 5.73 Å². The normalized spacial score (nSPS) is 12.7. The summed E-state index contributed by atoms with van der Waals surface area (Å²) in [6.45, 7) is 4.18. The molecule has 0 aromatic carbocycles. The molecule has 84 valence electrons. The Morgan fingerprint density at radius 2 is 2.20 bits per heavy atom. The second-order valence-electron chi connectivity index (χ2n) is 3.76. The maximum Gasteiger partial charge on any atom is 0.0569 e. The highest BCUT2D eigenvalue weighted by atomic mass is 32.2. The predicted molar refractivity (Wildman–Crippen MR) is 67.1 cm³/mol. The average molecular weight is 224 g/mol. The third kappa shape index (κ3) is 4.67. The number of pyridine rings is 1. The lowest BCUT2D eigenvalue weighted by Crippen LogP contribution is -2.06. The molecule has 2 nitrogen and oxygen atoms in total. The van der Waals surface area contributed by atoms with Crippen LogP contribution in [0.4, 0.5) is 0 Å². The van der Waals surface area contributed by atoms with Crippen molar-refractivity contribution in [1.29, 1.82) is 0 Å². The van der Waals surface area contributed by atoms with Crippen LogP contribution in [0.2, 0.25) is 0 Å². The zero-order valence-electron chi connectivity index (χ0n) is 9.57. The van der Waals surface area contributed by atoms with E-state index in [1.807, 2.05) is 30.9 Å². The van der Waals surface area contributed by atoms with Gasteiger partial charge in [0.15, 0.2) is 0 Å². The Morgan fingerprint density at radius 3 is 2.73 bits per heavy atom. The lowest BCUT2D eigenvalue weighted by molar-refractivity contribution is 0.774. The largest absolute Gasteiger partial charge is 0.323 e. The van der Waals surface area contributed by atoms with Crippen molar-refractivity contribution < 1.29 is 0 Å². The van der Waals surface area contributed by atoms with Crippen molar-refractivity contribution in [2.75, 3.05) is 5.75 Å². The zero-order chi connectivity index (χ0) is 11.1. The SMILES string of the molecule is CCCCCSc1ccc([C@@H](C)N)nc1. The Bertz CT molecular complexity index is 269. The molecule has 15 heavy (non-hydrogen) atoms. The fraction of sp³-hybridized carbons (Fsp3) is 0.583. The van der Waals surface area contributed by atoms with E-state index in [1.54, 1.807) is 0 Å². The van der Waals surface area contributed by atoms with Crippen LogP contribution < -0.4 is 5.73 Å². The first-order valence-corrected chi connectivity index (χ1v) is 6.57. The van der Waals surface area contributed by atoms with Gasteiger partial charge < -0.3 is 5.73 Å². The standard InChI is InChI=1S/C12H20N2S/c1-3-4-5-8-15-11-6-7-12(10(2)13)14-9-11/h6-7,9-10H,3-5,8,13H2,1-2H3/t10-/m1/s1. The van der Waals surface area contributed by atoms with Gasteiger partial charge in [-0.2, -0.15) is 0 Å². The molecule has 0 aliphatic rings. The van der Waals surface area contributed by atoms with E-state index >= 15 is 0 Å². The Hall–Kier alpha value is -0.540. The summed E-state index contributed by atoms with van der Waals surface area (Å²) in [5.74, 6) is 1.19. The predicted octanol–water partition coefficient (Wildman–Crippen LogP) is 3.38. The first-order valence-electron chi connectivity index (χ1n) is 5.58. The summed E-state index contributed by atoms with van der Waals surface area (Å²) < 4.78 is 0. The maximum atomic E-state index is 5.73. The highest BCUT2D eigenvalue weighted by Crippen LogP contribution is 2.19. The van der Waals surface area contributed by atoms with Crippen molar-refractivity contribution in [3.63, 3.8) is 0 Å². The molecule has 2 N–H and O–H groups in total. The van der Waals surface area contributed by atoms with Crippen LogP contribution in [-0.2, 0) is 0 Å². The van der Waals surface area contributed by atoms with Gasteiger partial charge in [0.05, 0.1) is 5.69 Å². The lowest BCUT2D eigenvalue weighted by atomic mass is 10.2. The summed E-state index contributed by atoms with van der Waals surface area (Å²) >= 11 is 1.88. The van der Waals surface area contributed by atoms with Crippen molar-refractivity contribution in [3.8, 4) is 0 Å². The van der Waals surface area contributed by atoms with Gasteiger partial charge >= 0.3 is 0 Å². The second-order valence-corrected chi connectivity index (χ2v) is 4.93. The molecule has 0 aliphatic carbocycles. The molecule has 0 radical (unpaired) electrons. The fourth-order valence-corrected chi connectivity index (χ4v) is 2.16. The molecule has 0 amide bonds. The van der Waals surface area contributed by atoms with Gasteiger partial charge in [-0.1, -0.05) is 19.8 Å². The molecule has 1 aromatic rings. The molecular formula is C12H20N2S. The molecule has 1 aromatic heterocycles. The molecule has 3 heteroatoms. The van der Waals surface area contributed by atoms with Crippen LogP contribution in [0.15, 0.2) is 23.2 Å². The van der Waals surface area contributed by atoms with Gasteiger partial charge in [0.25, 0.3) is 0 Å². The van der Waals surface area contributed by atoms with Gasteiger partial charge in [0, 0.05) is 17.1 Å². The number of aromatic nitrogens is 1. The van der Waals surface area contributed by atoms with Crippen molar-refractivity contribution >= 4 is 11.8 Å². The van der Waals surface area contributed by atoms with Crippen LogP contribution in [0, 0.1) is 0 Å². The maximum absolute atomic E-state index is 5.73. The van der Waals surface area contributed by atoms with E-state index in [0.29, 0.717) is 0 Å². The monoisotopic (exact) mass is 224 g/mol. The summed E-state index contributed by atoms with van der Waals surface area (Å²) in [4.78, 5) is 5.58. The van der Waals surface area contributed by atoms with Crippen molar-refractivity contribution in [2.45, 2.75) is 44.0 Å². The van der Waals surface area contributed by atoms with Crippen LogP contribution in [0.5, 0.6) is 0 Å². The van der Waals surface area contributed by atoms with Crippen LogP contribution in [0.25, 0.3) is 0 Å². The lowest BCUT2D eigenvalue weighted by Gasteiger charge is -2.05. The Kier molecular flexibility index (Phi) is 5.73. The number of nitrogens with two attached hydrogens (primary N) is 1. The number of hydrogen-bond donors (Lipinski definition) is 1. The van der Waals surface area contributed by atoms with Crippen molar-refractivity contribution in [2.24, 2.45) is 5.73 Å². The molecule has 0 saturated heterocycles. The molecule has 1 atom stereocenters. The van der Waals surface area contributed by atoms with E-state index in [2.05, 4.69) is 18.0 Å². The highest BCUT2D eigenvalue weighted by Gasteiger charge is 2.00. The molecular weight excluding hydrogens is 204 g/mol. The van der Waals surface area contributed by atoms with E-state index in [1.165, 1.54) is 29.9 Å². The van der Waals surface area contributed by atoms with Gasteiger partial charge in [-0.25, -0.2) is 0 Å². The van der Waals surface area contributed by atoms with E-state index in [-0.39, 0.29) is 6.04 Å². The molecule has 0 fully saturated rings. The van der Waals surface area contributed by atoms with Gasteiger partial charge in [-0.05, 0) is 31.2 Å². The topological polar surface area (TPSA) is 38.9 Å². The van der Waals surface area contributed by atoms with Gasteiger partial charge in [0.2, 0.25) is 0 Å². The number of rotatable bonds is 6. The van der Waals surface area contributed by atoms with Crippen LogP contribution in [-0.4, -0.2) is 10.7 Å². The summed E-state index contributed by atoms with van der Waals surface area (Å²) in [5, 5.41) is 0. The molecule has 1 rings (SSSR count). The van der Waals surface area contributed by atoms with Crippen LogP contribution in [0.1, 0.15) is 44.8 Å². The first-order chi connectivity index (χ1) is 7.24. The molecule has 0 spiro atoms. The third-order valence-electron chi connectivity index (χ3n) is 2.24. The summed E-state index contributed by atoms with van der Waals surface area (Å²) in [6.07, 6.45) is 5.81. The number of nitrogens with zero attached hydrogens (tertiary/aromatic N) is 1. The highest BCUT2D eigenvalue weighted by molar-refractivity contribution is 7.99. The Balaban J connectivity index is 2.36. The Morgan fingerprint density at radius 1 is 1.40 bits per heavy atom. The summed E-state index contributed by atoms with van der Waals surface area (Å²) in [6, 6.07) is 4.17. The van der Waals surface area contributed by atoms with E-state index < -0.39 is 0 Å². The second kappa shape index (κ2) is 6.85. The summed E-state index contributed by atoms with van der Waals surface area (Å²) in [7, 11) is 0. The smallest absolute Gasteiger partial charge is 0.0569 e. The molecule has 0 unspecified atom stereocenters. The minimum atomic E-state index is 0.0316. The third-order valence-corrected chi connectivity index (χ3v) is 3.31. The zero-order valence-corrected chi connectivity index (χ0v) is 10.4. The van der Waals surface area contributed by atoms with Gasteiger partial charge in [-0.15, -0.1) is 11.8 Å². The van der Waals surface area contributed by atoms with Gasteiger partial charge in [-0.3, -0.25) is 4.98 Å². The first kappa shape index (κ1) is 12.5. The molecule has 1 heterocycles. The average Bonchev–Trinajstić information content (AvgIpc) is 2.25. The quantitative estimate of drug-likeness (QED) is 0.594. The minimum absolute atomic E-state index is 0.0316. The van der Waals surface area contributed by atoms with Crippen LogP contribution >= 0.6 is 11.8 Å². The minimum Gasteiger partial charge on any atom is -0.323 e. The van der Waals surface area contributed by atoms with E-state index in [9.17, 15) is 0 Å². The van der Waals surface area contributed by atoms with Crippen LogP contribution in [0.3, 0.4) is 0 Å². The Labute approximate surface area is 96.7 Å². The van der Waals surface area contributed by atoms with Gasteiger partial charge in [0.1, 0.15) is 0 Å². The van der Waals surface area contributed by atoms with Crippen molar-refractivity contribution in [3.05, 3.63) is 24.0 Å². The number of unbranched alkanes of at least 4 members (excludes halogenated alkanes) is 2. The van der Waals surface area contributed by atoms with E-state index in [0.717, 1.165) is 5.69 Å². The number of hydrogen-bond acceptors (Lipinski definition) is 3. The molecule has 0 saturated carbocycles. The fourth-order valence-electron chi connectivity index (χ4n) is 1.29. The number of thioether (sulfide) groups is 1.